The molecule has 0 bridgehead atoms. The molecule has 52 heavy (non-hydrogen) atoms. The molecule has 0 aromatic heterocycles. The summed E-state index contributed by atoms with van der Waals surface area (Å²) in [6.07, 6.45) is 4.02. The Kier molecular flexibility index (Phi) is 11.9. The number of anilines is 1. The Labute approximate surface area is 311 Å². The molecule has 0 unspecified atom stereocenters. The Balaban J connectivity index is 1.39. The normalized spacial score (nSPS) is 13.7. The van der Waals surface area contributed by atoms with Crippen LogP contribution in [0.1, 0.15) is 42.4 Å². The second kappa shape index (κ2) is 16.9. The van der Waals surface area contributed by atoms with E-state index in [1.165, 1.54) is 17.0 Å². The van der Waals surface area contributed by atoms with Gasteiger partial charge in [-0.3, -0.25) is 13.9 Å². The summed E-state index contributed by atoms with van der Waals surface area (Å²) in [6, 6.07) is 38.1. The van der Waals surface area contributed by atoms with Crippen LogP contribution in [0, 0.1) is 6.92 Å². The minimum absolute atomic E-state index is 0.00360. The monoisotopic (exact) mass is 735 g/mol. The lowest BCUT2D eigenvalue weighted by Crippen LogP contribution is -2.54. The van der Waals surface area contributed by atoms with Gasteiger partial charge in [-0.15, -0.1) is 0 Å². The summed E-state index contributed by atoms with van der Waals surface area (Å²) >= 11 is 6.64. The molecule has 0 spiro atoms. The molecule has 0 aliphatic heterocycles. The highest BCUT2D eigenvalue weighted by Gasteiger charge is 2.36. The molecule has 10 heteroatoms. The number of amides is 2. The van der Waals surface area contributed by atoms with E-state index in [1.54, 1.807) is 48.5 Å². The number of carbonyl (C=O) groups excluding carboxylic acids is 2. The van der Waals surface area contributed by atoms with Crippen molar-refractivity contribution in [3.8, 4) is 11.5 Å². The SMILES string of the molecule is Cc1ccc(S(=O)(=O)N(CC(=O)N(Cc2ccccc2Cl)[C@@H](Cc2ccccc2)C(=O)NC2CCCC2)c2ccc(Oc3ccccc3)cc2)cc1. The quantitative estimate of drug-likeness (QED) is 0.124. The maximum Gasteiger partial charge on any atom is 0.264 e. The van der Waals surface area contributed by atoms with Crippen molar-refractivity contribution in [3.05, 3.63) is 155 Å². The highest BCUT2D eigenvalue weighted by molar-refractivity contribution is 7.92. The Morgan fingerprint density at radius 1 is 0.788 bits per heavy atom. The standard InChI is InChI=1S/C42H42ClN3O5S/c1-31-20-26-38(27-21-31)52(49,50)46(35-22-24-37(25-23-35)51-36-17-6-3-7-18-36)30-41(47)45(29-33-14-8-11-19-39(33)43)40(28-32-12-4-2-5-13-32)42(48)44-34-15-9-10-16-34/h2-8,11-14,17-27,34,40H,9-10,15-16,28-30H2,1H3,(H,44,48)/t40-/m0/s1. The molecule has 1 atom stereocenters. The van der Waals surface area contributed by atoms with E-state index in [4.69, 9.17) is 16.3 Å². The first-order chi connectivity index (χ1) is 25.2. The van der Waals surface area contributed by atoms with Crippen LogP contribution in [0.2, 0.25) is 5.02 Å². The third kappa shape index (κ3) is 9.21. The minimum atomic E-state index is -4.26. The summed E-state index contributed by atoms with van der Waals surface area (Å²) < 4.78 is 35.9. The smallest absolute Gasteiger partial charge is 0.264 e. The second-order valence-corrected chi connectivity index (χ2v) is 15.3. The molecule has 0 heterocycles. The first kappa shape index (κ1) is 36.7. The van der Waals surface area contributed by atoms with E-state index >= 15 is 0 Å². The number of hydrogen-bond donors (Lipinski definition) is 1. The van der Waals surface area contributed by atoms with E-state index in [2.05, 4.69) is 5.32 Å². The van der Waals surface area contributed by atoms with Crippen LogP contribution in [0.15, 0.2) is 138 Å². The number of benzene rings is 5. The zero-order valence-corrected chi connectivity index (χ0v) is 30.6. The van der Waals surface area contributed by atoms with E-state index in [0.717, 1.165) is 41.1 Å². The van der Waals surface area contributed by atoms with Gasteiger partial charge in [0.25, 0.3) is 10.0 Å². The van der Waals surface area contributed by atoms with Gasteiger partial charge in [-0.25, -0.2) is 8.42 Å². The van der Waals surface area contributed by atoms with E-state index < -0.39 is 28.5 Å². The third-order valence-electron chi connectivity index (χ3n) is 9.26. The minimum Gasteiger partial charge on any atom is -0.457 e. The van der Waals surface area contributed by atoms with Crippen LogP contribution in [-0.2, 0) is 32.6 Å². The average molecular weight is 736 g/mol. The zero-order chi connectivity index (χ0) is 36.5. The number of nitrogens with zero attached hydrogens (tertiary/aromatic N) is 2. The van der Waals surface area contributed by atoms with Crippen molar-refractivity contribution in [2.45, 2.75) is 62.6 Å². The van der Waals surface area contributed by atoms with Crippen LogP contribution in [0.25, 0.3) is 0 Å². The van der Waals surface area contributed by atoms with E-state index in [9.17, 15) is 18.0 Å². The molecule has 0 saturated heterocycles. The van der Waals surface area contributed by atoms with Gasteiger partial charge in [0.1, 0.15) is 24.1 Å². The number of ether oxygens (including phenoxy) is 1. The molecule has 268 valence electrons. The Morgan fingerprint density at radius 3 is 2.04 bits per heavy atom. The number of carbonyl (C=O) groups is 2. The fourth-order valence-corrected chi connectivity index (χ4v) is 8.01. The molecule has 8 nitrogen and oxygen atoms in total. The molecule has 1 saturated carbocycles. The third-order valence-corrected chi connectivity index (χ3v) is 11.4. The van der Waals surface area contributed by atoms with Crippen molar-refractivity contribution in [2.24, 2.45) is 0 Å². The second-order valence-electron chi connectivity index (χ2n) is 13.0. The first-order valence-electron chi connectivity index (χ1n) is 17.5. The lowest BCUT2D eigenvalue weighted by molar-refractivity contribution is -0.140. The lowest BCUT2D eigenvalue weighted by atomic mass is 10.0. The van der Waals surface area contributed by atoms with Gasteiger partial charge in [-0.05, 0) is 85.5 Å². The number of nitrogens with one attached hydrogen (secondary N) is 1. The van der Waals surface area contributed by atoms with Gasteiger partial charge in [-0.2, -0.15) is 0 Å². The van der Waals surface area contributed by atoms with Gasteiger partial charge in [0.2, 0.25) is 11.8 Å². The summed E-state index contributed by atoms with van der Waals surface area (Å²) in [6.45, 7) is 1.30. The topological polar surface area (TPSA) is 96.0 Å². The Bertz CT molecular complexity index is 2060. The number of hydrogen-bond acceptors (Lipinski definition) is 5. The van der Waals surface area contributed by atoms with Crippen LogP contribution in [0.4, 0.5) is 5.69 Å². The molecule has 1 fully saturated rings. The van der Waals surface area contributed by atoms with Crippen LogP contribution < -0.4 is 14.4 Å². The molecule has 1 aliphatic rings. The molecule has 6 rings (SSSR count). The van der Waals surface area contributed by atoms with E-state index in [0.29, 0.717) is 22.1 Å². The molecule has 5 aromatic carbocycles. The van der Waals surface area contributed by atoms with Crippen LogP contribution in [0.5, 0.6) is 11.5 Å². The van der Waals surface area contributed by atoms with Gasteiger partial charge in [0, 0.05) is 24.0 Å². The maximum absolute atomic E-state index is 14.8. The Hall–Kier alpha value is -5.12. The van der Waals surface area contributed by atoms with Crippen LogP contribution in [0.3, 0.4) is 0 Å². The van der Waals surface area contributed by atoms with E-state index in [1.807, 2.05) is 79.7 Å². The molecular weight excluding hydrogens is 694 g/mol. The predicted molar refractivity (Wildman–Crippen MR) is 205 cm³/mol. The molecule has 1 aliphatic carbocycles. The molecule has 5 aromatic rings. The molecule has 0 radical (unpaired) electrons. The summed E-state index contributed by atoms with van der Waals surface area (Å²) in [5.74, 6) is 0.292. The highest BCUT2D eigenvalue weighted by atomic mass is 35.5. The number of sulfonamides is 1. The van der Waals surface area contributed by atoms with Crippen molar-refractivity contribution >= 4 is 39.1 Å². The summed E-state index contributed by atoms with van der Waals surface area (Å²) in [7, 11) is -4.26. The lowest BCUT2D eigenvalue weighted by Gasteiger charge is -2.34. The highest BCUT2D eigenvalue weighted by Crippen LogP contribution is 2.30. The first-order valence-corrected chi connectivity index (χ1v) is 19.3. The van der Waals surface area contributed by atoms with Gasteiger partial charge in [0.05, 0.1) is 10.6 Å². The number of rotatable bonds is 14. The largest absolute Gasteiger partial charge is 0.457 e. The number of halogens is 1. The van der Waals surface area contributed by atoms with Gasteiger partial charge < -0.3 is 15.0 Å². The van der Waals surface area contributed by atoms with Gasteiger partial charge in [-0.1, -0.05) is 109 Å². The summed E-state index contributed by atoms with van der Waals surface area (Å²) in [4.78, 5) is 30.6. The van der Waals surface area contributed by atoms with Crippen LogP contribution in [-0.4, -0.2) is 43.8 Å². The molecular formula is C42H42ClN3O5S. The summed E-state index contributed by atoms with van der Waals surface area (Å²) in [5, 5.41) is 3.63. The fraction of sp³-hybridized carbons (Fsp3) is 0.238. The predicted octanol–water partition coefficient (Wildman–Crippen LogP) is 8.33. The maximum atomic E-state index is 14.8. The van der Waals surface area contributed by atoms with Gasteiger partial charge in [0.15, 0.2) is 0 Å². The van der Waals surface area contributed by atoms with Gasteiger partial charge >= 0.3 is 0 Å². The zero-order valence-electron chi connectivity index (χ0n) is 29.0. The van der Waals surface area contributed by atoms with Crippen molar-refractivity contribution in [2.75, 3.05) is 10.8 Å². The Morgan fingerprint density at radius 2 is 1.38 bits per heavy atom. The van der Waals surface area contributed by atoms with Crippen molar-refractivity contribution in [1.82, 2.24) is 10.2 Å². The summed E-state index contributed by atoms with van der Waals surface area (Å²) in [5.41, 5.74) is 2.66. The fourth-order valence-electron chi connectivity index (χ4n) is 6.40. The van der Waals surface area contributed by atoms with E-state index in [-0.39, 0.29) is 35.5 Å². The van der Waals surface area contributed by atoms with Crippen molar-refractivity contribution < 1.29 is 22.7 Å². The molecule has 2 amide bonds. The number of para-hydroxylation sites is 1. The van der Waals surface area contributed by atoms with Crippen molar-refractivity contribution in [3.63, 3.8) is 0 Å². The number of aryl methyl sites for hydroxylation is 1. The van der Waals surface area contributed by atoms with Crippen molar-refractivity contribution in [1.29, 1.82) is 0 Å². The molecule has 1 N–H and O–H groups in total. The average Bonchev–Trinajstić information content (AvgIpc) is 3.67. The van der Waals surface area contributed by atoms with Crippen LogP contribution >= 0.6 is 11.6 Å².